The van der Waals surface area contributed by atoms with Crippen LogP contribution in [0.3, 0.4) is 0 Å². The fourth-order valence-electron chi connectivity index (χ4n) is 1.94. The van der Waals surface area contributed by atoms with Gasteiger partial charge in [-0.15, -0.1) is 0 Å². The van der Waals surface area contributed by atoms with Gasteiger partial charge in [0.2, 0.25) is 0 Å². The molecule has 92 valence electrons. The average Bonchev–Trinajstić information content (AvgIpc) is 2.74. The van der Waals surface area contributed by atoms with Crippen LogP contribution in [0, 0.1) is 0 Å². The summed E-state index contributed by atoms with van der Waals surface area (Å²) in [5.41, 5.74) is 8.07. The Bertz CT molecular complexity index is 486. The summed E-state index contributed by atoms with van der Waals surface area (Å²) in [4.78, 5) is 6.65. The molecule has 1 heterocycles. The van der Waals surface area contributed by atoms with Crippen molar-refractivity contribution in [1.82, 2.24) is 4.98 Å². The number of oxazole rings is 1. The van der Waals surface area contributed by atoms with Crippen LogP contribution in [0.1, 0.15) is 26.7 Å². The first-order chi connectivity index (χ1) is 8.26. The molecule has 0 bridgehead atoms. The first kappa shape index (κ1) is 11.8. The van der Waals surface area contributed by atoms with Crippen molar-refractivity contribution >= 4 is 22.8 Å². The number of nitrogens with zero attached hydrogens (tertiary/aromatic N) is 2. The Morgan fingerprint density at radius 1 is 1.24 bits per heavy atom. The molecule has 1 aromatic heterocycles. The number of nitrogen functional groups attached to an aromatic ring is 1. The van der Waals surface area contributed by atoms with Crippen molar-refractivity contribution in [2.45, 2.75) is 26.7 Å². The summed E-state index contributed by atoms with van der Waals surface area (Å²) in [5, 5.41) is 0. The van der Waals surface area contributed by atoms with Gasteiger partial charge < -0.3 is 15.1 Å². The van der Waals surface area contributed by atoms with E-state index in [-0.39, 0.29) is 0 Å². The Morgan fingerprint density at radius 2 is 1.94 bits per heavy atom. The Hall–Kier alpha value is -1.71. The predicted molar refractivity (Wildman–Crippen MR) is 71.2 cm³/mol. The van der Waals surface area contributed by atoms with Crippen molar-refractivity contribution in [1.29, 1.82) is 0 Å². The van der Waals surface area contributed by atoms with Gasteiger partial charge in [0, 0.05) is 13.1 Å². The average molecular weight is 233 g/mol. The normalized spacial score (nSPS) is 10.9. The SMILES string of the molecule is CCCN(CCC)c1nc2c(N)cccc2o1. The van der Waals surface area contributed by atoms with E-state index in [1.165, 1.54) is 0 Å². The van der Waals surface area contributed by atoms with Crippen LogP contribution >= 0.6 is 0 Å². The van der Waals surface area contributed by atoms with E-state index in [1.54, 1.807) is 0 Å². The fourth-order valence-corrected chi connectivity index (χ4v) is 1.94. The van der Waals surface area contributed by atoms with Gasteiger partial charge in [-0.1, -0.05) is 19.9 Å². The third-order valence-electron chi connectivity index (χ3n) is 2.70. The molecule has 2 rings (SSSR count). The Labute approximate surface area is 101 Å². The first-order valence-electron chi connectivity index (χ1n) is 6.16. The van der Waals surface area contributed by atoms with Gasteiger partial charge in [-0.25, -0.2) is 0 Å². The van der Waals surface area contributed by atoms with E-state index in [9.17, 15) is 0 Å². The fraction of sp³-hybridized carbons (Fsp3) is 0.462. The van der Waals surface area contributed by atoms with Crippen molar-refractivity contribution in [3.63, 3.8) is 0 Å². The van der Waals surface area contributed by atoms with Crippen molar-refractivity contribution < 1.29 is 4.42 Å². The molecule has 0 amide bonds. The van der Waals surface area contributed by atoms with Gasteiger partial charge in [0.1, 0.15) is 5.52 Å². The number of nitrogens with two attached hydrogens (primary N) is 1. The Balaban J connectivity index is 2.36. The molecule has 0 radical (unpaired) electrons. The summed E-state index contributed by atoms with van der Waals surface area (Å²) in [5.74, 6) is 0. The van der Waals surface area contributed by atoms with Crippen molar-refractivity contribution in [3.05, 3.63) is 18.2 Å². The van der Waals surface area contributed by atoms with Crippen LogP contribution in [0.2, 0.25) is 0 Å². The molecule has 2 N–H and O–H groups in total. The highest BCUT2D eigenvalue weighted by molar-refractivity contribution is 5.86. The molecule has 17 heavy (non-hydrogen) atoms. The lowest BCUT2D eigenvalue weighted by Gasteiger charge is -2.18. The lowest BCUT2D eigenvalue weighted by atomic mass is 10.3. The summed E-state index contributed by atoms with van der Waals surface area (Å²) in [6.07, 6.45) is 2.16. The van der Waals surface area contributed by atoms with E-state index in [2.05, 4.69) is 23.7 Å². The van der Waals surface area contributed by atoms with E-state index < -0.39 is 0 Å². The molecule has 4 nitrogen and oxygen atoms in total. The molecule has 4 heteroatoms. The smallest absolute Gasteiger partial charge is 0.298 e. The molecule has 2 aromatic rings. The van der Waals surface area contributed by atoms with Gasteiger partial charge in [0.25, 0.3) is 6.01 Å². The minimum absolute atomic E-state index is 0.672. The summed E-state index contributed by atoms with van der Waals surface area (Å²) in [6.45, 7) is 6.22. The predicted octanol–water partition coefficient (Wildman–Crippen LogP) is 3.04. The number of hydrogen-bond acceptors (Lipinski definition) is 4. The molecule has 0 unspecified atom stereocenters. The van der Waals surface area contributed by atoms with Gasteiger partial charge in [-0.2, -0.15) is 4.98 Å². The van der Waals surface area contributed by atoms with Crippen LogP contribution in [0.5, 0.6) is 0 Å². The van der Waals surface area contributed by atoms with Crippen molar-refractivity contribution in [2.24, 2.45) is 0 Å². The van der Waals surface area contributed by atoms with Crippen molar-refractivity contribution in [2.75, 3.05) is 23.7 Å². The molecular weight excluding hydrogens is 214 g/mol. The second-order valence-corrected chi connectivity index (χ2v) is 4.18. The molecule has 0 aliphatic heterocycles. The molecule has 0 saturated carbocycles. The number of anilines is 2. The zero-order valence-corrected chi connectivity index (χ0v) is 10.4. The monoisotopic (exact) mass is 233 g/mol. The number of aromatic nitrogens is 1. The zero-order chi connectivity index (χ0) is 12.3. The molecule has 0 spiro atoms. The van der Waals surface area contributed by atoms with Crippen LogP contribution in [-0.2, 0) is 0 Å². The largest absolute Gasteiger partial charge is 0.423 e. The maximum absolute atomic E-state index is 5.88. The van der Waals surface area contributed by atoms with E-state index in [0.717, 1.165) is 37.0 Å². The van der Waals surface area contributed by atoms with Crippen LogP contribution < -0.4 is 10.6 Å². The third-order valence-corrected chi connectivity index (χ3v) is 2.70. The molecule has 0 aliphatic carbocycles. The highest BCUT2D eigenvalue weighted by Crippen LogP contribution is 2.26. The molecule has 1 aromatic carbocycles. The molecular formula is C13H19N3O. The van der Waals surface area contributed by atoms with Crippen molar-refractivity contribution in [3.8, 4) is 0 Å². The number of para-hydroxylation sites is 1. The molecule has 0 fully saturated rings. The standard InChI is InChI=1S/C13H19N3O/c1-3-8-16(9-4-2)13-15-12-10(14)6-5-7-11(12)17-13/h5-7H,3-4,8-9,14H2,1-2H3. The van der Waals surface area contributed by atoms with Gasteiger partial charge in [-0.05, 0) is 25.0 Å². The van der Waals surface area contributed by atoms with Gasteiger partial charge in [-0.3, -0.25) is 0 Å². The number of benzene rings is 1. The zero-order valence-electron chi connectivity index (χ0n) is 10.4. The minimum Gasteiger partial charge on any atom is -0.423 e. The second-order valence-electron chi connectivity index (χ2n) is 4.18. The second kappa shape index (κ2) is 5.08. The Kier molecular flexibility index (Phi) is 3.52. The number of rotatable bonds is 5. The van der Waals surface area contributed by atoms with Crippen LogP contribution in [0.4, 0.5) is 11.7 Å². The van der Waals surface area contributed by atoms with E-state index in [4.69, 9.17) is 10.2 Å². The maximum atomic E-state index is 5.88. The molecule has 0 aliphatic rings. The summed E-state index contributed by atoms with van der Waals surface area (Å²) in [7, 11) is 0. The highest BCUT2D eigenvalue weighted by atomic mass is 16.4. The highest BCUT2D eigenvalue weighted by Gasteiger charge is 2.13. The number of fused-ring (bicyclic) bond motifs is 1. The quantitative estimate of drug-likeness (QED) is 0.806. The van der Waals surface area contributed by atoms with Crippen LogP contribution in [0.15, 0.2) is 22.6 Å². The van der Waals surface area contributed by atoms with E-state index in [0.29, 0.717) is 11.7 Å². The lowest BCUT2D eigenvalue weighted by molar-refractivity contribution is 0.560. The van der Waals surface area contributed by atoms with Gasteiger partial charge in [0.15, 0.2) is 5.58 Å². The van der Waals surface area contributed by atoms with Gasteiger partial charge >= 0.3 is 0 Å². The maximum Gasteiger partial charge on any atom is 0.298 e. The summed E-state index contributed by atoms with van der Waals surface area (Å²) in [6, 6.07) is 6.31. The van der Waals surface area contributed by atoms with E-state index in [1.807, 2.05) is 18.2 Å². The van der Waals surface area contributed by atoms with Crippen LogP contribution in [-0.4, -0.2) is 18.1 Å². The first-order valence-corrected chi connectivity index (χ1v) is 6.16. The van der Waals surface area contributed by atoms with Gasteiger partial charge in [0.05, 0.1) is 5.69 Å². The Morgan fingerprint density at radius 3 is 2.53 bits per heavy atom. The lowest BCUT2D eigenvalue weighted by Crippen LogP contribution is -2.25. The van der Waals surface area contributed by atoms with E-state index >= 15 is 0 Å². The topological polar surface area (TPSA) is 55.3 Å². The summed E-state index contributed by atoms with van der Waals surface area (Å²) < 4.78 is 5.75. The summed E-state index contributed by atoms with van der Waals surface area (Å²) >= 11 is 0. The number of hydrogen-bond donors (Lipinski definition) is 1. The molecule has 0 atom stereocenters. The third kappa shape index (κ3) is 2.35. The van der Waals surface area contributed by atoms with Crippen LogP contribution in [0.25, 0.3) is 11.1 Å². The minimum atomic E-state index is 0.672. The molecule has 0 saturated heterocycles.